The summed E-state index contributed by atoms with van der Waals surface area (Å²) >= 11 is 0. The van der Waals surface area contributed by atoms with E-state index in [2.05, 4.69) is 11.9 Å². The zero-order valence-electron chi connectivity index (χ0n) is 17.5. The van der Waals surface area contributed by atoms with E-state index in [1.54, 1.807) is 32.9 Å². The molecular weight excluding hydrogens is 384 g/mol. The average molecular weight is 412 g/mol. The van der Waals surface area contributed by atoms with Crippen molar-refractivity contribution >= 4 is 18.0 Å². The first kappa shape index (κ1) is 21.6. The van der Waals surface area contributed by atoms with Gasteiger partial charge < -0.3 is 19.7 Å². The lowest BCUT2D eigenvalue weighted by molar-refractivity contribution is -0.165. The second-order valence-corrected chi connectivity index (χ2v) is 8.50. The van der Waals surface area contributed by atoms with Crippen LogP contribution < -0.4 is 5.32 Å². The van der Waals surface area contributed by atoms with Crippen molar-refractivity contribution in [3.8, 4) is 0 Å². The smallest absolute Gasteiger partial charge is 0.408 e. The summed E-state index contributed by atoms with van der Waals surface area (Å²) in [7, 11) is 0. The highest BCUT2D eigenvalue weighted by Gasteiger charge is 2.50. The molecule has 2 amide bonds. The number of nitrogens with one attached hydrogen (secondary N) is 1. The van der Waals surface area contributed by atoms with Gasteiger partial charge in [-0.1, -0.05) is 48.6 Å². The number of esters is 1. The van der Waals surface area contributed by atoms with Crippen LogP contribution in [0.5, 0.6) is 0 Å². The molecule has 1 N–H and O–H groups in total. The molecule has 0 unspecified atom stereocenters. The number of fused-ring (bicyclic) bond motifs is 1. The molecule has 1 aromatic carbocycles. The van der Waals surface area contributed by atoms with Gasteiger partial charge in [0, 0.05) is 5.92 Å². The summed E-state index contributed by atoms with van der Waals surface area (Å²) in [5.41, 5.74) is 0.172. The molecule has 0 bridgehead atoms. The highest BCUT2D eigenvalue weighted by atomic mass is 16.6. The molecule has 2 aliphatic heterocycles. The van der Waals surface area contributed by atoms with E-state index >= 15 is 0 Å². The Hall–Kier alpha value is -3.09. The van der Waals surface area contributed by atoms with Crippen LogP contribution in [0.4, 0.5) is 4.79 Å². The Bertz CT molecular complexity index is 843. The van der Waals surface area contributed by atoms with E-state index in [0.717, 1.165) is 5.56 Å². The monoisotopic (exact) mass is 412 g/mol. The van der Waals surface area contributed by atoms with Gasteiger partial charge in [0.15, 0.2) is 0 Å². The molecule has 2 aliphatic rings. The third kappa shape index (κ3) is 4.90. The second-order valence-electron chi connectivity index (χ2n) is 8.50. The Kier molecular flexibility index (Phi) is 6.29. The predicted octanol–water partition coefficient (Wildman–Crippen LogP) is 2.96. The normalized spacial score (nSPS) is 25.4. The quantitative estimate of drug-likeness (QED) is 0.594. The third-order valence-electron chi connectivity index (χ3n) is 5.06. The van der Waals surface area contributed by atoms with Crippen molar-refractivity contribution in [1.29, 1.82) is 0 Å². The Morgan fingerprint density at radius 2 is 1.93 bits per heavy atom. The van der Waals surface area contributed by atoms with Crippen molar-refractivity contribution in [2.75, 3.05) is 0 Å². The predicted molar refractivity (Wildman–Crippen MR) is 111 cm³/mol. The molecule has 3 rings (SSSR count). The summed E-state index contributed by atoms with van der Waals surface area (Å²) < 4.78 is 10.7. The molecule has 0 radical (unpaired) electrons. The van der Waals surface area contributed by atoms with Gasteiger partial charge in [-0.2, -0.15) is 0 Å². The molecular formula is C23H28N2O5. The number of amides is 2. The van der Waals surface area contributed by atoms with Crippen LogP contribution in [0, 0.1) is 5.92 Å². The minimum absolute atomic E-state index is 0.0999. The molecule has 0 aliphatic carbocycles. The lowest BCUT2D eigenvalue weighted by atomic mass is 9.99. The molecule has 2 heterocycles. The zero-order chi connectivity index (χ0) is 21.9. The highest BCUT2D eigenvalue weighted by molar-refractivity contribution is 5.93. The molecule has 7 nitrogen and oxygen atoms in total. The van der Waals surface area contributed by atoms with Gasteiger partial charge >= 0.3 is 12.1 Å². The second kappa shape index (κ2) is 8.73. The van der Waals surface area contributed by atoms with Crippen LogP contribution in [-0.4, -0.2) is 46.6 Å². The van der Waals surface area contributed by atoms with Crippen molar-refractivity contribution < 1.29 is 23.9 Å². The van der Waals surface area contributed by atoms with Gasteiger partial charge in [-0.15, -0.1) is 6.58 Å². The Labute approximate surface area is 176 Å². The summed E-state index contributed by atoms with van der Waals surface area (Å²) in [5.74, 6) is -1.05. The maximum absolute atomic E-state index is 13.1. The van der Waals surface area contributed by atoms with Gasteiger partial charge in [-0.05, 0) is 32.8 Å². The van der Waals surface area contributed by atoms with Crippen LogP contribution >= 0.6 is 0 Å². The molecule has 1 saturated heterocycles. The number of alkyl carbamates (subject to hydrolysis) is 1. The highest BCUT2D eigenvalue weighted by Crippen LogP contribution is 2.35. The number of rotatable bonds is 5. The van der Waals surface area contributed by atoms with Crippen LogP contribution in [0.25, 0.3) is 0 Å². The number of hydrogen-bond acceptors (Lipinski definition) is 5. The molecule has 1 fully saturated rings. The number of benzene rings is 1. The number of carbonyl (C=O) groups excluding carboxylic acids is 3. The van der Waals surface area contributed by atoms with Gasteiger partial charge in [-0.25, -0.2) is 9.59 Å². The molecule has 4 atom stereocenters. The summed E-state index contributed by atoms with van der Waals surface area (Å²) in [4.78, 5) is 39.6. The minimum atomic E-state index is -0.905. The van der Waals surface area contributed by atoms with Gasteiger partial charge in [0.05, 0.1) is 6.04 Å². The lowest BCUT2D eigenvalue weighted by Gasteiger charge is -2.35. The fourth-order valence-electron chi connectivity index (χ4n) is 3.77. The first-order valence-corrected chi connectivity index (χ1v) is 10.0. The van der Waals surface area contributed by atoms with E-state index in [1.807, 2.05) is 36.4 Å². The van der Waals surface area contributed by atoms with Crippen LogP contribution in [0.15, 0.2) is 55.1 Å². The van der Waals surface area contributed by atoms with E-state index in [4.69, 9.17) is 9.47 Å². The SMILES string of the molecule is C=C[C@H]1C[C@@H]2C=C[C@H](NC(=O)OCc3ccccc3)C(=O)N2[C@H]1C(=O)OC(C)(C)C. The van der Waals surface area contributed by atoms with E-state index < -0.39 is 29.7 Å². The van der Waals surface area contributed by atoms with Crippen molar-refractivity contribution in [2.24, 2.45) is 5.92 Å². The fourth-order valence-corrected chi connectivity index (χ4v) is 3.77. The first-order valence-electron chi connectivity index (χ1n) is 10.0. The van der Waals surface area contributed by atoms with E-state index in [0.29, 0.717) is 6.42 Å². The zero-order valence-corrected chi connectivity index (χ0v) is 17.5. The van der Waals surface area contributed by atoms with Gasteiger partial charge in [0.25, 0.3) is 5.91 Å². The fraction of sp³-hybridized carbons (Fsp3) is 0.435. The Morgan fingerprint density at radius 3 is 2.57 bits per heavy atom. The van der Waals surface area contributed by atoms with Crippen LogP contribution in [-0.2, 0) is 25.7 Å². The molecule has 30 heavy (non-hydrogen) atoms. The number of carbonyl (C=O) groups is 3. The maximum atomic E-state index is 13.1. The lowest BCUT2D eigenvalue weighted by Crippen LogP contribution is -2.56. The van der Waals surface area contributed by atoms with Crippen molar-refractivity contribution in [3.05, 3.63) is 60.7 Å². The summed E-state index contributed by atoms with van der Waals surface area (Å²) in [6.45, 7) is 9.26. The molecule has 160 valence electrons. The summed E-state index contributed by atoms with van der Waals surface area (Å²) in [5, 5.41) is 2.57. The summed E-state index contributed by atoms with van der Waals surface area (Å²) in [6.07, 6.45) is 5.05. The maximum Gasteiger partial charge on any atom is 0.408 e. The average Bonchev–Trinajstić information content (AvgIpc) is 3.08. The molecule has 1 aromatic rings. The topological polar surface area (TPSA) is 84.9 Å². The largest absolute Gasteiger partial charge is 0.458 e. The first-order chi connectivity index (χ1) is 14.2. The Balaban J connectivity index is 1.68. The summed E-state index contributed by atoms with van der Waals surface area (Å²) in [6, 6.07) is 7.35. The van der Waals surface area contributed by atoms with Crippen LogP contribution in [0.1, 0.15) is 32.8 Å². The minimum Gasteiger partial charge on any atom is -0.458 e. The standard InChI is InChI=1S/C23H28N2O5/c1-5-16-13-17-11-12-18(24-22(28)29-14-15-9-7-6-8-10-15)20(26)25(17)19(16)21(27)30-23(2,3)4/h5-12,16-19H,1,13-14H2,2-4H3,(H,24,28)/t16-,17-,18-,19+/m0/s1. The van der Waals surface area contributed by atoms with Crippen LogP contribution in [0.3, 0.4) is 0 Å². The molecule has 0 saturated carbocycles. The molecule has 7 heteroatoms. The van der Waals surface area contributed by atoms with Gasteiger partial charge in [-0.3, -0.25) is 4.79 Å². The third-order valence-corrected chi connectivity index (χ3v) is 5.06. The van der Waals surface area contributed by atoms with Gasteiger partial charge in [0.2, 0.25) is 0 Å². The van der Waals surface area contributed by atoms with E-state index in [-0.39, 0.29) is 24.5 Å². The molecule has 0 aromatic heterocycles. The van der Waals surface area contributed by atoms with Crippen molar-refractivity contribution in [1.82, 2.24) is 10.2 Å². The van der Waals surface area contributed by atoms with Crippen molar-refractivity contribution in [2.45, 2.75) is 57.5 Å². The molecule has 0 spiro atoms. The van der Waals surface area contributed by atoms with E-state index in [9.17, 15) is 14.4 Å². The van der Waals surface area contributed by atoms with Crippen LogP contribution in [0.2, 0.25) is 0 Å². The number of hydrogen-bond donors (Lipinski definition) is 1. The van der Waals surface area contributed by atoms with Gasteiger partial charge in [0.1, 0.15) is 24.3 Å². The number of ether oxygens (including phenoxy) is 2. The number of nitrogens with zero attached hydrogens (tertiary/aromatic N) is 1. The van der Waals surface area contributed by atoms with Crippen molar-refractivity contribution in [3.63, 3.8) is 0 Å². The Morgan fingerprint density at radius 1 is 1.23 bits per heavy atom. The van der Waals surface area contributed by atoms with E-state index in [1.165, 1.54) is 4.90 Å².